The van der Waals surface area contributed by atoms with Crippen molar-refractivity contribution in [1.82, 2.24) is 8.61 Å². The number of hydrogen-bond donors (Lipinski definition) is 0. The van der Waals surface area contributed by atoms with Crippen LogP contribution in [0.25, 0.3) is 0 Å². The van der Waals surface area contributed by atoms with Gasteiger partial charge in [0.1, 0.15) is 5.75 Å². The number of methoxy groups -OCH3 is 1. The van der Waals surface area contributed by atoms with Crippen molar-refractivity contribution in [2.45, 2.75) is 31.8 Å². The van der Waals surface area contributed by atoms with E-state index in [9.17, 15) is 8.42 Å². The maximum absolute atomic E-state index is 12.8. The summed E-state index contributed by atoms with van der Waals surface area (Å²) in [6.07, 6.45) is 3.59. The smallest absolute Gasteiger partial charge is 0.282 e. The number of nitrogens with zero attached hydrogens (tertiary/aromatic N) is 2. The van der Waals surface area contributed by atoms with Gasteiger partial charge in [-0.15, -0.1) is 0 Å². The average molecular weight is 354 g/mol. The fourth-order valence-corrected chi connectivity index (χ4v) is 5.05. The zero-order valence-electron chi connectivity index (χ0n) is 14.2. The molecular formula is C17H26N2O4S. The first kappa shape index (κ1) is 17.7. The summed E-state index contributed by atoms with van der Waals surface area (Å²) in [5.74, 6) is 0.807. The molecule has 1 aromatic rings. The Morgan fingerprint density at radius 3 is 2.71 bits per heavy atom. The molecule has 134 valence electrons. The van der Waals surface area contributed by atoms with Crippen molar-refractivity contribution in [1.29, 1.82) is 0 Å². The zero-order chi connectivity index (χ0) is 17.0. The van der Waals surface area contributed by atoms with Crippen LogP contribution in [0.5, 0.6) is 5.75 Å². The minimum atomic E-state index is -3.36. The van der Waals surface area contributed by atoms with Gasteiger partial charge in [0.05, 0.1) is 19.8 Å². The first-order valence-corrected chi connectivity index (χ1v) is 9.99. The molecule has 2 heterocycles. The molecule has 0 bridgehead atoms. The normalized spacial score (nSPS) is 24.0. The molecule has 0 amide bonds. The highest BCUT2D eigenvalue weighted by Crippen LogP contribution is 2.21. The summed E-state index contributed by atoms with van der Waals surface area (Å²) >= 11 is 0. The van der Waals surface area contributed by atoms with Crippen LogP contribution in [0.15, 0.2) is 24.3 Å². The summed E-state index contributed by atoms with van der Waals surface area (Å²) in [7, 11) is -1.72. The van der Waals surface area contributed by atoms with E-state index in [1.165, 1.54) is 0 Å². The number of piperidine rings is 1. The molecule has 0 N–H and O–H groups in total. The van der Waals surface area contributed by atoms with Crippen LogP contribution < -0.4 is 4.74 Å². The van der Waals surface area contributed by atoms with Gasteiger partial charge in [-0.1, -0.05) is 18.6 Å². The van der Waals surface area contributed by atoms with Crippen molar-refractivity contribution in [3.05, 3.63) is 29.8 Å². The summed E-state index contributed by atoms with van der Waals surface area (Å²) in [6, 6.07) is 7.84. The fraction of sp³-hybridized carbons (Fsp3) is 0.647. The molecule has 2 fully saturated rings. The van der Waals surface area contributed by atoms with Crippen LogP contribution >= 0.6 is 0 Å². The SMILES string of the molecule is COc1cccc(C[C@@H]2CN(S(=O)(=O)N3CCCCC3)CCO2)c1. The molecule has 2 aliphatic heterocycles. The van der Waals surface area contributed by atoms with Crippen LogP contribution in [-0.2, 0) is 21.4 Å². The van der Waals surface area contributed by atoms with E-state index in [2.05, 4.69) is 0 Å². The molecule has 1 aromatic carbocycles. The summed E-state index contributed by atoms with van der Waals surface area (Å²) in [4.78, 5) is 0. The Kier molecular flexibility index (Phi) is 5.76. The predicted octanol–water partition coefficient (Wildman–Crippen LogP) is 1.67. The predicted molar refractivity (Wildman–Crippen MR) is 92.4 cm³/mol. The number of benzene rings is 1. The van der Waals surface area contributed by atoms with Gasteiger partial charge >= 0.3 is 0 Å². The molecule has 2 saturated heterocycles. The van der Waals surface area contributed by atoms with E-state index in [0.717, 1.165) is 30.6 Å². The molecule has 7 heteroatoms. The van der Waals surface area contributed by atoms with Crippen LogP contribution in [0.3, 0.4) is 0 Å². The van der Waals surface area contributed by atoms with E-state index < -0.39 is 10.2 Å². The van der Waals surface area contributed by atoms with Crippen molar-refractivity contribution in [3.8, 4) is 5.75 Å². The van der Waals surface area contributed by atoms with Gasteiger partial charge in [-0.25, -0.2) is 0 Å². The number of morpholine rings is 1. The van der Waals surface area contributed by atoms with Crippen LogP contribution in [0.1, 0.15) is 24.8 Å². The number of rotatable bonds is 5. The maximum atomic E-state index is 12.8. The van der Waals surface area contributed by atoms with Crippen LogP contribution in [-0.4, -0.2) is 63.0 Å². The largest absolute Gasteiger partial charge is 0.497 e. The third kappa shape index (κ3) is 4.08. The highest BCUT2D eigenvalue weighted by Gasteiger charge is 2.34. The quantitative estimate of drug-likeness (QED) is 0.807. The highest BCUT2D eigenvalue weighted by molar-refractivity contribution is 7.86. The van der Waals surface area contributed by atoms with Crippen LogP contribution in [0, 0.1) is 0 Å². The summed E-state index contributed by atoms with van der Waals surface area (Å²) in [5.41, 5.74) is 1.09. The second-order valence-electron chi connectivity index (χ2n) is 6.37. The van der Waals surface area contributed by atoms with Gasteiger partial charge in [0, 0.05) is 32.6 Å². The van der Waals surface area contributed by atoms with Gasteiger partial charge in [-0.3, -0.25) is 0 Å². The van der Waals surface area contributed by atoms with Crippen molar-refractivity contribution in [2.24, 2.45) is 0 Å². The fourth-order valence-electron chi connectivity index (χ4n) is 3.35. The number of hydrogen-bond acceptors (Lipinski definition) is 4. The third-order valence-electron chi connectivity index (χ3n) is 4.67. The minimum Gasteiger partial charge on any atom is -0.497 e. The second kappa shape index (κ2) is 7.82. The first-order valence-electron chi connectivity index (χ1n) is 8.59. The Balaban J connectivity index is 1.65. The average Bonchev–Trinajstić information content (AvgIpc) is 2.63. The lowest BCUT2D eigenvalue weighted by atomic mass is 10.1. The van der Waals surface area contributed by atoms with Gasteiger partial charge < -0.3 is 9.47 Å². The molecule has 0 radical (unpaired) electrons. The first-order chi connectivity index (χ1) is 11.6. The molecule has 0 spiro atoms. The number of ether oxygens (including phenoxy) is 2. The van der Waals surface area contributed by atoms with E-state index in [1.807, 2.05) is 24.3 Å². The van der Waals surface area contributed by atoms with Gasteiger partial charge in [0.25, 0.3) is 10.2 Å². The molecule has 0 saturated carbocycles. The lowest BCUT2D eigenvalue weighted by Crippen LogP contribution is -2.52. The van der Waals surface area contributed by atoms with Gasteiger partial charge in [0.15, 0.2) is 0 Å². The second-order valence-corrected chi connectivity index (χ2v) is 8.30. The van der Waals surface area contributed by atoms with Crippen molar-refractivity contribution in [2.75, 3.05) is 39.9 Å². The Morgan fingerprint density at radius 2 is 1.96 bits per heavy atom. The van der Waals surface area contributed by atoms with E-state index in [1.54, 1.807) is 15.7 Å². The van der Waals surface area contributed by atoms with Crippen LogP contribution in [0.2, 0.25) is 0 Å². The molecule has 1 atom stereocenters. The van der Waals surface area contributed by atoms with Crippen molar-refractivity contribution >= 4 is 10.2 Å². The minimum absolute atomic E-state index is 0.120. The molecule has 6 nitrogen and oxygen atoms in total. The lowest BCUT2D eigenvalue weighted by Gasteiger charge is -2.36. The van der Waals surface area contributed by atoms with Gasteiger partial charge in [-0.05, 0) is 30.5 Å². The molecule has 3 rings (SSSR count). The summed E-state index contributed by atoms with van der Waals surface area (Å²) in [5, 5.41) is 0. The Labute approximate surface area is 144 Å². The van der Waals surface area contributed by atoms with E-state index in [-0.39, 0.29) is 6.10 Å². The van der Waals surface area contributed by atoms with Crippen molar-refractivity contribution in [3.63, 3.8) is 0 Å². The standard InChI is InChI=1S/C17H26N2O4S/c1-22-16-7-5-6-15(12-16)13-17-14-19(10-11-23-17)24(20,21)18-8-3-2-4-9-18/h5-7,12,17H,2-4,8-11,13-14H2,1H3/t17-/m1/s1. The molecule has 24 heavy (non-hydrogen) atoms. The third-order valence-corrected chi connectivity index (χ3v) is 6.67. The molecule has 0 unspecified atom stereocenters. The van der Waals surface area contributed by atoms with E-state index >= 15 is 0 Å². The Hall–Kier alpha value is -1.15. The Bertz CT molecular complexity index is 644. The topological polar surface area (TPSA) is 59.1 Å². The summed E-state index contributed by atoms with van der Waals surface area (Å²) in [6.45, 7) is 2.58. The molecular weight excluding hydrogens is 328 g/mol. The van der Waals surface area contributed by atoms with Gasteiger partial charge in [0.2, 0.25) is 0 Å². The highest BCUT2D eigenvalue weighted by atomic mass is 32.2. The summed E-state index contributed by atoms with van der Waals surface area (Å²) < 4.78 is 39.9. The van der Waals surface area contributed by atoms with Crippen molar-refractivity contribution < 1.29 is 17.9 Å². The zero-order valence-corrected chi connectivity index (χ0v) is 15.0. The maximum Gasteiger partial charge on any atom is 0.282 e. The van der Waals surface area contributed by atoms with Gasteiger partial charge in [-0.2, -0.15) is 17.0 Å². The monoisotopic (exact) mass is 354 g/mol. The molecule has 0 aliphatic carbocycles. The van der Waals surface area contributed by atoms with Crippen LogP contribution in [0.4, 0.5) is 0 Å². The Morgan fingerprint density at radius 1 is 1.17 bits per heavy atom. The molecule has 0 aromatic heterocycles. The lowest BCUT2D eigenvalue weighted by molar-refractivity contribution is -0.00244. The van der Waals surface area contributed by atoms with E-state index in [0.29, 0.717) is 39.2 Å². The van der Waals surface area contributed by atoms with E-state index in [4.69, 9.17) is 9.47 Å². The molecule has 2 aliphatic rings.